The molecular weight excluding hydrogens is 218 g/mol. The fourth-order valence-corrected chi connectivity index (χ4v) is 3.28. The second kappa shape index (κ2) is 2.99. The Morgan fingerprint density at radius 1 is 1.60 bits per heavy atom. The monoisotopic (exact) mass is 229 g/mol. The summed E-state index contributed by atoms with van der Waals surface area (Å²) in [7, 11) is 0. The molecule has 5 nitrogen and oxygen atoms in total. The van der Waals surface area contributed by atoms with E-state index in [1.807, 2.05) is 0 Å². The molecule has 0 spiro atoms. The number of β-lactam (4-membered cyclic amide) rings is 1. The van der Waals surface area contributed by atoms with Gasteiger partial charge in [-0.2, -0.15) is 0 Å². The second-order valence-corrected chi connectivity index (χ2v) is 5.17. The molecule has 2 atom stereocenters. The third-order valence-electron chi connectivity index (χ3n) is 2.60. The number of amides is 1. The summed E-state index contributed by atoms with van der Waals surface area (Å²) in [4.78, 5) is 23.6. The quantitative estimate of drug-likeness (QED) is 0.662. The van der Waals surface area contributed by atoms with Crippen molar-refractivity contribution in [1.29, 1.82) is 0 Å². The van der Waals surface area contributed by atoms with Crippen LogP contribution in [0.4, 0.5) is 0 Å². The van der Waals surface area contributed by atoms with Gasteiger partial charge in [0.1, 0.15) is 11.1 Å². The molecule has 0 aromatic carbocycles. The van der Waals surface area contributed by atoms with Gasteiger partial charge < -0.3 is 10.2 Å². The Kier molecular flexibility index (Phi) is 2.09. The van der Waals surface area contributed by atoms with E-state index >= 15 is 0 Å². The third-order valence-corrected chi connectivity index (χ3v) is 3.72. The minimum Gasteiger partial charge on any atom is -0.477 e. The molecule has 2 N–H and O–H groups in total. The summed E-state index contributed by atoms with van der Waals surface area (Å²) in [5.41, 5.74) is -1.09. The van der Waals surface area contributed by atoms with Crippen molar-refractivity contribution in [2.45, 2.75) is 24.8 Å². The first-order valence-corrected chi connectivity index (χ1v) is 5.42. The van der Waals surface area contributed by atoms with E-state index in [9.17, 15) is 14.7 Å². The van der Waals surface area contributed by atoms with Gasteiger partial charge in [-0.3, -0.25) is 9.69 Å². The van der Waals surface area contributed by atoms with Crippen molar-refractivity contribution < 1.29 is 19.8 Å². The van der Waals surface area contributed by atoms with Crippen LogP contribution in [-0.4, -0.2) is 38.0 Å². The number of carboxylic acid groups (broad SMARTS) is 1. The molecule has 1 amide bonds. The van der Waals surface area contributed by atoms with Crippen LogP contribution in [0.2, 0.25) is 0 Å². The molecule has 2 heterocycles. The van der Waals surface area contributed by atoms with Gasteiger partial charge in [-0.15, -0.1) is 11.8 Å². The van der Waals surface area contributed by atoms with Crippen molar-refractivity contribution in [2.24, 2.45) is 5.92 Å². The van der Waals surface area contributed by atoms with Crippen molar-refractivity contribution in [2.75, 3.05) is 0 Å². The molecule has 2 aliphatic rings. The summed E-state index contributed by atoms with van der Waals surface area (Å²) < 4.78 is 0. The average molecular weight is 229 g/mol. The number of aliphatic carboxylic acids is 1. The highest BCUT2D eigenvalue weighted by atomic mass is 32.2. The molecule has 0 radical (unpaired) electrons. The predicted molar refractivity (Wildman–Crippen MR) is 53.7 cm³/mol. The average Bonchev–Trinajstić information content (AvgIpc) is 2.40. The van der Waals surface area contributed by atoms with Crippen LogP contribution < -0.4 is 0 Å². The highest BCUT2D eigenvalue weighted by Crippen LogP contribution is 2.48. The Morgan fingerprint density at radius 2 is 2.20 bits per heavy atom. The van der Waals surface area contributed by atoms with Gasteiger partial charge in [0.25, 0.3) is 0 Å². The predicted octanol–water partition coefficient (Wildman–Crippen LogP) is 0.215. The lowest BCUT2D eigenvalue weighted by molar-refractivity contribution is -0.163. The van der Waals surface area contributed by atoms with E-state index in [-0.39, 0.29) is 17.0 Å². The van der Waals surface area contributed by atoms with Gasteiger partial charge in [-0.25, -0.2) is 4.79 Å². The van der Waals surface area contributed by atoms with Gasteiger partial charge in [0.05, 0.1) is 11.5 Å². The lowest BCUT2D eigenvalue weighted by atomic mass is 9.83. The van der Waals surface area contributed by atoms with E-state index < -0.39 is 17.5 Å². The second-order valence-electron chi connectivity index (χ2n) is 4.17. The number of rotatable bonds is 2. The van der Waals surface area contributed by atoms with E-state index in [0.717, 1.165) is 0 Å². The van der Waals surface area contributed by atoms with Crippen LogP contribution >= 0.6 is 11.8 Å². The molecule has 1 saturated heterocycles. The molecular formula is C9H11NO4S. The standard InChI is InChI=1S/C9H11NO4S/c1-9(2,14)5-6(11)10-4(8(12)13)3-15-7(5)10/h3,5,7,14H,1-2H3,(H,12,13)/t5?,7-/m1/s1. The summed E-state index contributed by atoms with van der Waals surface area (Å²) in [6, 6.07) is 0. The zero-order valence-corrected chi connectivity index (χ0v) is 9.11. The Morgan fingerprint density at radius 3 is 2.67 bits per heavy atom. The molecule has 0 bridgehead atoms. The smallest absolute Gasteiger partial charge is 0.353 e. The van der Waals surface area contributed by atoms with Gasteiger partial charge in [-0.05, 0) is 13.8 Å². The Balaban J connectivity index is 2.21. The highest BCUT2D eigenvalue weighted by molar-refractivity contribution is 8.03. The topological polar surface area (TPSA) is 77.8 Å². The number of hydrogen-bond donors (Lipinski definition) is 2. The molecule has 0 saturated carbocycles. The Labute approximate surface area is 90.8 Å². The number of thioether (sulfide) groups is 1. The molecule has 82 valence electrons. The molecule has 1 fully saturated rings. The number of hydrogen-bond acceptors (Lipinski definition) is 4. The third kappa shape index (κ3) is 1.36. The zero-order valence-electron chi connectivity index (χ0n) is 8.30. The largest absolute Gasteiger partial charge is 0.477 e. The van der Waals surface area contributed by atoms with Crippen LogP contribution in [0.5, 0.6) is 0 Å². The minimum atomic E-state index is -1.10. The molecule has 2 aliphatic heterocycles. The maximum Gasteiger partial charge on any atom is 0.353 e. The van der Waals surface area contributed by atoms with Crippen molar-refractivity contribution in [3.8, 4) is 0 Å². The molecule has 2 rings (SSSR count). The van der Waals surface area contributed by atoms with E-state index in [1.54, 1.807) is 13.8 Å². The van der Waals surface area contributed by atoms with Crippen molar-refractivity contribution in [3.05, 3.63) is 11.1 Å². The van der Waals surface area contributed by atoms with Crippen LogP contribution in [0.25, 0.3) is 0 Å². The Bertz CT molecular complexity index is 371. The number of carboxylic acids is 1. The SMILES string of the molecule is CC(C)(O)C1C(=O)N2C(C(=O)O)=CS[C@H]12. The minimum absolute atomic E-state index is 0.00972. The summed E-state index contributed by atoms with van der Waals surface area (Å²) in [5.74, 6) is -1.94. The van der Waals surface area contributed by atoms with E-state index in [0.29, 0.717) is 0 Å². The van der Waals surface area contributed by atoms with Crippen molar-refractivity contribution in [1.82, 2.24) is 4.90 Å². The maximum atomic E-state index is 11.7. The van der Waals surface area contributed by atoms with Crippen LogP contribution in [0, 0.1) is 5.92 Å². The van der Waals surface area contributed by atoms with Crippen LogP contribution in [-0.2, 0) is 9.59 Å². The molecule has 0 aliphatic carbocycles. The Hall–Kier alpha value is -1.01. The first-order chi connectivity index (χ1) is 6.84. The van der Waals surface area contributed by atoms with Gasteiger partial charge in [-0.1, -0.05) is 0 Å². The number of nitrogens with zero attached hydrogens (tertiary/aromatic N) is 1. The van der Waals surface area contributed by atoms with Gasteiger partial charge in [0.15, 0.2) is 0 Å². The van der Waals surface area contributed by atoms with Crippen LogP contribution in [0.1, 0.15) is 13.8 Å². The van der Waals surface area contributed by atoms with E-state index in [4.69, 9.17) is 5.11 Å². The number of aliphatic hydroxyl groups is 1. The van der Waals surface area contributed by atoms with E-state index in [2.05, 4.69) is 0 Å². The van der Waals surface area contributed by atoms with Gasteiger partial charge >= 0.3 is 5.97 Å². The summed E-state index contributed by atoms with van der Waals surface area (Å²) >= 11 is 1.27. The molecule has 1 unspecified atom stereocenters. The first-order valence-electron chi connectivity index (χ1n) is 4.48. The molecule has 0 aromatic heterocycles. The van der Waals surface area contributed by atoms with Crippen molar-refractivity contribution >= 4 is 23.6 Å². The lowest BCUT2D eigenvalue weighted by Gasteiger charge is -2.47. The van der Waals surface area contributed by atoms with Crippen LogP contribution in [0.3, 0.4) is 0 Å². The zero-order chi connectivity index (χ0) is 11.4. The molecule has 6 heteroatoms. The van der Waals surface area contributed by atoms with Crippen LogP contribution in [0.15, 0.2) is 11.1 Å². The summed E-state index contributed by atoms with van der Waals surface area (Å²) in [6.45, 7) is 3.12. The lowest BCUT2D eigenvalue weighted by Crippen LogP contribution is -2.64. The normalized spacial score (nSPS) is 29.7. The maximum absolute atomic E-state index is 11.7. The fraction of sp³-hybridized carbons (Fsp3) is 0.556. The fourth-order valence-electron chi connectivity index (χ4n) is 1.85. The highest BCUT2D eigenvalue weighted by Gasteiger charge is 2.58. The number of carbonyl (C=O) groups excluding carboxylic acids is 1. The van der Waals surface area contributed by atoms with Crippen molar-refractivity contribution in [3.63, 3.8) is 0 Å². The molecule has 0 aromatic rings. The number of fused-ring (bicyclic) bond motifs is 1. The first kappa shape index (κ1) is 10.5. The summed E-state index contributed by atoms with van der Waals surface area (Å²) in [6.07, 6.45) is 0. The van der Waals surface area contributed by atoms with Gasteiger partial charge in [0.2, 0.25) is 5.91 Å². The number of carbonyl (C=O) groups is 2. The van der Waals surface area contributed by atoms with Gasteiger partial charge in [0, 0.05) is 5.41 Å². The van der Waals surface area contributed by atoms with E-state index in [1.165, 1.54) is 22.1 Å². The summed E-state index contributed by atoms with van der Waals surface area (Å²) in [5, 5.41) is 19.7. The molecule has 15 heavy (non-hydrogen) atoms.